The molecule has 7 nitrogen and oxygen atoms in total. The first-order valence-corrected chi connectivity index (χ1v) is 12.4. The quantitative estimate of drug-likeness (QED) is 0.560. The summed E-state index contributed by atoms with van der Waals surface area (Å²) in [5.74, 6) is -1.25. The van der Waals surface area contributed by atoms with E-state index in [-0.39, 0.29) is 30.2 Å². The number of anilines is 2. The van der Waals surface area contributed by atoms with Crippen molar-refractivity contribution in [2.75, 3.05) is 16.8 Å². The molecule has 0 aromatic heterocycles. The van der Waals surface area contributed by atoms with E-state index in [9.17, 15) is 14.4 Å². The molecule has 1 spiro atoms. The first-order valence-electron chi connectivity index (χ1n) is 11.6. The Kier molecular flexibility index (Phi) is 5.59. The number of carbonyl (C=O) groups is 3. The number of Topliss-reactive ketones (excluding diaryl/α,β-unsaturated/α-hetero) is 1. The molecule has 3 N–H and O–H groups in total. The number of nitrogens with two attached hydrogens (primary N) is 1. The van der Waals surface area contributed by atoms with E-state index < -0.39 is 17.3 Å². The van der Waals surface area contributed by atoms with Crippen molar-refractivity contribution in [3.8, 4) is 0 Å². The molecule has 0 bridgehead atoms. The Morgan fingerprint density at radius 3 is 2.69 bits per heavy atom. The number of ketones is 1. The highest BCUT2D eigenvalue weighted by molar-refractivity contribution is 9.10. The molecular weight excluding hydrogens is 510 g/mol. The maximum absolute atomic E-state index is 13.9. The molecule has 0 fully saturated rings. The van der Waals surface area contributed by atoms with Crippen molar-refractivity contribution >= 4 is 45.0 Å². The number of rotatable bonds is 3. The third kappa shape index (κ3) is 3.26. The van der Waals surface area contributed by atoms with Gasteiger partial charge >= 0.3 is 5.97 Å². The average Bonchev–Trinajstić information content (AvgIpc) is 3.08. The fraction of sp³-hybridized carbons (Fsp3) is 0.296. The smallest absolute Gasteiger partial charge is 0.339 e. The minimum atomic E-state index is -1.68. The third-order valence-corrected chi connectivity index (χ3v) is 7.45. The number of halogens is 1. The molecule has 2 aromatic rings. The van der Waals surface area contributed by atoms with Crippen molar-refractivity contribution in [2.24, 2.45) is 5.73 Å². The fourth-order valence-corrected chi connectivity index (χ4v) is 5.88. The number of amides is 1. The van der Waals surface area contributed by atoms with Crippen LogP contribution in [0.1, 0.15) is 42.9 Å². The van der Waals surface area contributed by atoms with Gasteiger partial charge in [-0.15, -0.1) is 0 Å². The largest absolute Gasteiger partial charge is 0.462 e. The molecule has 2 aromatic carbocycles. The van der Waals surface area contributed by atoms with Gasteiger partial charge in [0.15, 0.2) is 5.78 Å². The first kappa shape index (κ1) is 23.4. The van der Waals surface area contributed by atoms with Crippen molar-refractivity contribution in [3.63, 3.8) is 0 Å². The van der Waals surface area contributed by atoms with Crippen LogP contribution in [0.15, 0.2) is 63.5 Å². The van der Waals surface area contributed by atoms with Crippen LogP contribution in [0.25, 0.3) is 0 Å². The summed E-state index contributed by atoms with van der Waals surface area (Å²) in [7, 11) is 0. The highest BCUT2D eigenvalue weighted by atomic mass is 79.9. The van der Waals surface area contributed by atoms with Crippen molar-refractivity contribution in [2.45, 2.75) is 45.4 Å². The number of benzene rings is 2. The molecule has 2 heterocycles. The molecule has 1 atom stereocenters. The molecular formula is C27H26BrN3O4. The summed E-state index contributed by atoms with van der Waals surface area (Å²) in [6.07, 6.45) is 1.46. The van der Waals surface area contributed by atoms with Crippen LogP contribution < -0.4 is 16.0 Å². The molecule has 1 aliphatic carbocycles. The second kappa shape index (κ2) is 8.37. The average molecular weight is 536 g/mol. The molecule has 180 valence electrons. The van der Waals surface area contributed by atoms with Crippen LogP contribution in [0, 0.1) is 13.8 Å². The molecule has 2 aliphatic heterocycles. The SMILES string of the molecule is CCOC(=O)C1=C(N)N(c2cc(C)ccc2C)C2=C(C(=O)CCC2)C12C(=O)Nc1ccc(Br)cc12. The van der Waals surface area contributed by atoms with Gasteiger partial charge in [0.1, 0.15) is 16.8 Å². The van der Waals surface area contributed by atoms with E-state index in [1.807, 2.05) is 32.0 Å². The summed E-state index contributed by atoms with van der Waals surface area (Å²) in [4.78, 5) is 43.0. The third-order valence-electron chi connectivity index (χ3n) is 6.96. The van der Waals surface area contributed by atoms with E-state index in [0.717, 1.165) is 21.3 Å². The van der Waals surface area contributed by atoms with E-state index in [1.165, 1.54) is 0 Å². The van der Waals surface area contributed by atoms with Gasteiger partial charge in [-0.25, -0.2) is 4.79 Å². The second-order valence-electron chi connectivity index (χ2n) is 9.10. The Morgan fingerprint density at radius 2 is 1.94 bits per heavy atom. The lowest BCUT2D eigenvalue weighted by Crippen LogP contribution is -2.53. The van der Waals surface area contributed by atoms with Gasteiger partial charge in [0.25, 0.3) is 0 Å². The van der Waals surface area contributed by atoms with Crippen LogP contribution in [0.3, 0.4) is 0 Å². The minimum Gasteiger partial charge on any atom is -0.462 e. The van der Waals surface area contributed by atoms with Gasteiger partial charge in [0, 0.05) is 33.4 Å². The lowest BCUT2D eigenvalue weighted by atomic mass is 9.63. The fourth-order valence-electron chi connectivity index (χ4n) is 5.52. The monoisotopic (exact) mass is 535 g/mol. The molecule has 1 unspecified atom stereocenters. The highest BCUT2D eigenvalue weighted by Gasteiger charge is 2.62. The molecule has 35 heavy (non-hydrogen) atoms. The predicted octanol–water partition coefficient (Wildman–Crippen LogP) is 4.52. The maximum atomic E-state index is 13.9. The van der Waals surface area contributed by atoms with Crippen molar-refractivity contribution < 1.29 is 19.1 Å². The topological polar surface area (TPSA) is 102 Å². The zero-order valence-corrected chi connectivity index (χ0v) is 21.4. The number of aryl methyl sites for hydroxylation is 2. The van der Waals surface area contributed by atoms with E-state index in [1.54, 1.807) is 30.0 Å². The van der Waals surface area contributed by atoms with E-state index in [2.05, 4.69) is 21.2 Å². The predicted molar refractivity (Wildman–Crippen MR) is 137 cm³/mol. The summed E-state index contributed by atoms with van der Waals surface area (Å²) in [5.41, 5.74) is 9.86. The number of esters is 1. The van der Waals surface area contributed by atoms with E-state index in [4.69, 9.17) is 10.5 Å². The lowest BCUT2D eigenvalue weighted by molar-refractivity contribution is -0.140. The molecule has 0 saturated carbocycles. The zero-order valence-electron chi connectivity index (χ0n) is 19.8. The number of nitrogens with zero attached hydrogens (tertiary/aromatic N) is 1. The van der Waals surface area contributed by atoms with Crippen LogP contribution in [-0.4, -0.2) is 24.3 Å². The molecule has 5 rings (SSSR count). The Hall–Kier alpha value is -3.39. The number of carbonyl (C=O) groups excluding carboxylic acids is 3. The van der Waals surface area contributed by atoms with E-state index >= 15 is 0 Å². The maximum Gasteiger partial charge on any atom is 0.339 e. The summed E-state index contributed by atoms with van der Waals surface area (Å²) in [6.45, 7) is 5.72. The highest BCUT2D eigenvalue weighted by Crippen LogP contribution is 2.56. The number of nitrogens with one attached hydrogen (secondary N) is 1. The van der Waals surface area contributed by atoms with Gasteiger partial charge in [-0.2, -0.15) is 0 Å². The number of hydrogen-bond acceptors (Lipinski definition) is 6. The van der Waals surface area contributed by atoms with Crippen LogP contribution in [0.5, 0.6) is 0 Å². The number of ether oxygens (including phenoxy) is 1. The van der Waals surface area contributed by atoms with Gasteiger partial charge in [0.05, 0.1) is 12.3 Å². The Labute approximate surface area is 212 Å². The molecule has 1 amide bonds. The molecule has 0 radical (unpaired) electrons. The number of hydrogen-bond donors (Lipinski definition) is 2. The van der Waals surface area contributed by atoms with Crippen LogP contribution in [-0.2, 0) is 24.5 Å². The minimum absolute atomic E-state index is 0.0244. The second-order valence-corrected chi connectivity index (χ2v) is 10.0. The van der Waals surface area contributed by atoms with Crippen molar-refractivity contribution in [1.29, 1.82) is 0 Å². The zero-order chi connectivity index (χ0) is 25.1. The molecule has 0 saturated heterocycles. The van der Waals surface area contributed by atoms with Crippen molar-refractivity contribution in [3.05, 3.63) is 80.2 Å². The van der Waals surface area contributed by atoms with Gasteiger partial charge < -0.3 is 15.8 Å². The van der Waals surface area contributed by atoms with Crippen molar-refractivity contribution in [1.82, 2.24) is 0 Å². The normalized spacial score (nSPS) is 21.3. The first-order chi connectivity index (χ1) is 16.7. The van der Waals surface area contributed by atoms with Crippen LogP contribution in [0.2, 0.25) is 0 Å². The van der Waals surface area contributed by atoms with Crippen LogP contribution in [0.4, 0.5) is 11.4 Å². The lowest BCUT2D eigenvalue weighted by Gasteiger charge is -2.44. The Morgan fingerprint density at radius 1 is 1.17 bits per heavy atom. The Balaban J connectivity index is 1.93. The number of allylic oxidation sites excluding steroid dienone is 1. The Bertz CT molecular complexity index is 1380. The summed E-state index contributed by atoms with van der Waals surface area (Å²) in [5, 5.41) is 2.90. The van der Waals surface area contributed by atoms with Crippen LogP contribution >= 0.6 is 15.9 Å². The van der Waals surface area contributed by atoms with Gasteiger partial charge in [0.2, 0.25) is 5.91 Å². The standard InChI is InChI=1S/C27H26BrN3O4/c1-4-35-25(33)23-24(29)31(20-12-14(2)8-9-15(20)3)19-6-5-7-21(32)22(19)27(23)17-13-16(28)10-11-18(17)30-26(27)34/h8-13H,4-7,29H2,1-3H3,(H,30,34). The summed E-state index contributed by atoms with van der Waals surface area (Å²) < 4.78 is 6.17. The van der Waals surface area contributed by atoms with Gasteiger partial charge in [-0.1, -0.05) is 28.1 Å². The van der Waals surface area contributed by atoms with Gasteiger partial charge in [-0.3, -0.25) is 14.5 Å². The molecule has 3 aliphatic rings. The van der Waals surface area contributed by atoms with E-state index in [0.29, 0.717) is 35.4 Å². The summed E-state index contributed by atoms with van der Waals surface area (Å²) in [6, 6.07) is 11.3. The van der Waals surface area contributed by atoms with Gasteiger partial charge in [-0.05, 0) is 69.0 Å². The molecule has 8 heteroatoms. The number of fused-ring (bicyclic) bond motifs is 3. The summed E-state index contributed by atoms with van der Waals surface area (Å²) >= 11 is 3.49.